The Morgan fingerprint density at radius 3 is 2.15 bits per heavy atom. The molecule has 2 aliphatic carbocycles. The van der Waals surface area contributed by atoms with Gasteiger partial charge in [0.05, 0.1) is 11.7 Å². The van der Waals surface area contributed by atoms with Gasteiger partial charge in [-0.05, 0) is 87.4 Å². The lowest BCUT2D eigenvalue weighted by molar-refractivity contribution is -0.347. The van der Waals surface area contributed by atoms with Crippen molar-refractivity contribution < 1.29 is 49.9 Å². The standard InChI is InChI=1S/C24H38F6O3/c1-19(2,32)11-6-12-20(3,13-7-15-22(33,23(25,26)27)24(28,29)30)18-10-9-16-17(31)8-5-14-21(16,18)4/h7,15-18,31-33H,5-6,8-14H2,1-4H3/b15-7+/t16?,17-,18+,20+,21-/m0/s1/i1D3,2D3. The van der Waals surface area contributed by atoms with Crippen molar-refractivity contribution in [3.05, 3.63) is 12.2 Å². The third-order valence-electron chi connectivity index (χ3n) is 8.02. The highest BCUT2D eigenvalue weighted by atomic mass is 19.4. The van der Waals surface area contributed by atoms with Crippen molar-refractivity contribution in [1.29, 1.82) is 0 Å². The summed E-state index contributed by atoms with van der Waals surface area (Å²) in [5.74, 6) is -0.475. The van der Waals surface area contributed by atoms with Crippen LogP contribution in [0.15, 0.2) is 12.2 Å². The molecule has 9 heteroatoms. The third kappa shape index (κ3) is 5.89. The van der Waals surface area contributed by atoms with Crippen LogP contribution in [0.3, 0.4) is 0 Å². The van der Waals surface area contributed by atoms with Crippen LogP contribution in [0.5, 0.6) is 0 Å². The molecule has 0 aromatic rings. The van der Waals surface area contributed by atoms with Crippen LogP contribution in [-0.2, 0) is 0 Å². The topological polar surface area (TPSA) is 60.7 Å². The first kappa shape index (κ1) is 20.4. The second-order valence-electron chi connectivity index (χ2n) is 10.4. The van der Waals surface area contributed by atoms with Crippen molar-refractivity contribution in [1.82, 2.24) is 0 Å². The lowest BCUT2D eigenvalue weighted by atomic mass is 9.56. The SMILES string of the molecule is [2H]C([2H])([2H])C(O)(CCC[C@](C)(C/C=C/C(O)(C(F)(F)F)C(F)(F)F)[C@H]1CCC2[C@@H](O)CCC[C@@]21C)C([2H])([2H])[2H]. The van der Waals surface area contributed by atoms with Gasteiger partial charge in [0.25, 0.3) is 5.60 Å². The predicted octanol–water partition coefficient (Wildman–Crippen LogP) is 6.31. The number of allylic oxidation sites excluding steroid dienone is 1. The van der Waals surface area contributed by atoms with E-state index in [4.69, 9.17) is 8.22 Å². The molecule has 0 radical (unpaired) electrons. The van der Waals surface area contributed by atoms with Crippen LogP contribution in [0.1, 0.15) is 93.6 Å². The lowest BCUT2D eigenvalue weighted by Gasteiger charge is -2.50. The molecule has 2 rings (SSSR count). The number of alkyl halides is 6. The normalized spacial score (nSPS) is 35.1. The molecule has 2 saturated carbocycles. The zero-order chi connectivity index (χ0) is 30.5. The van der Waals surface area contributed by atoms with E-state index in [1.807, 2.05) is 6.92 Å². The molecule has 0 bridgehead atoms. The lowest BCUT2D eigenvalue weighted by Crippen LogP contribution is -2.55. The van der Waals surface area contributed by atoms with Crippen LogP contribution >= 0.6 is 0 Å². The monoisotopic (exact) mass is 494 g/mol. The Hall–Kier alpha value is -0.800. The molecule has 0 heterocycles. The fourth-order valence-corrected chi connectivity index (χ4v) is 6.31. The third-order valence-corrected chi connectivity index (χ3v) is 8.02. The summed E-state index contributed by atoms with van der Waals surface area (Å²) in [5.41, 5.74) is -9.73. The Morgan fingerprint density at radius 1 is 1.00 bits per heavy atom. The zero-order valence-corrected chi connectivity index (χ0v) is 18.9. The van der Waals surface area contributed by atoms with Gasteiger partial charge in [-0.1, -0.05) is 32.8 Å². The van der Waals surface area contributed by atoms with Gasteiger partial charge >= 0.3 is 12.4 Å². The van der Waals surface area contributed by atoms with E-state index in [-0.39, 0.29) is 37.2 Å². The van der Waals surface area contributed by atoms with Gasteiger partial charge in [-0.25, -0.2) is 0 Å². The van der Waals surface area contributed by atoms with Gasteiger partial charge < -0.3 is 15.3 Å². The van der Waals surface area contributed by atoms with Crippen LogP contribution in [0, 0.1) is 22.7 Å². The Kier molecular flexibility index (Phi) is 5.77. The number of hydrogen-bond donors (Lipinski definition) is 3. The van der Waals surface area contributed by atoms with E-state index in [0.29, 0.717) is 38.2 Å². The van der Waals surface area contributed by atoms with Gasteiger partial charge in [0, 0.05) is 8.22 Å². The second-order valence-corrected chi connectivity index (χ2v) is 10.4. The Labute approximate surface area is 200 Å². The molecule has 33 heavy (non-hydrogen) atoms. The summed E-state index contributed by atoms with van der Waals surface area (Å²) in [6.07, 6.45) is -10.7. The minimum Gasteiger partial charge on any atom is -0.393 e. The van der Waals surface area contributed by atoms with Crippen LogP contribution < -0.4 is 0 Å². The van der Waals surface area contributed by atoms with E-state index in [9.17, 15) is 41.7 Å². The molecule has 0 aliphatic heterocycles. The maximum Gasteiger partial charge on any atom is 0.429 e. The van der Waals surface area contributed by atoms with E-state index in [1.165, 1.54) is 0 Å². The molecule has 1 unspecified atom stereocenters. The summed E-state index contributed by atoms with van der Waals surface area (Å²) in [6, 6.07) is 0. The summed E-state index contributed by atoms with van der Waals surface area (Å²) < 4.78 is 125. The molecule has 2 fully saturated rings. The number of hydrogen-bond acceptors (Lipinski definition) is 3. The summed E-state index contributed by atoms with van der Waals surface area (Å²) in [6.45, 7) is -3.01. The first-order valence-electron chi connectivity index (χ1n) is 14.2. The van der Waals surface area contributed by atoms with Crippen molar-refractivity contribution in [3.8, 4) is 0 Å². The van der Waals surface area contributed by atoms with Gasteiger partial charge in [0.1, 0.15) is 0 Å². The van der Waals surface area contributed by atoms with Crippen LogP contribution in [0.4, 0.5) is 26.3 Å². The fraction of sp³-hybridized carbons (Fsp3) is 0.917. The minimum absolute atomic E-state index is 0.0225. The maximum absolute atomic E-state index is 13.2. The molecule has 0 amide bonds. The van der Waals surface area contributed by atoms with Gasteiger partial charge in [-0.2, -0.15) is 26.3 Å². The number of rotatable bonds is 8. The molecular formula is C24H38F6O3. The molecule has 2 aliphatic rings. The number of fused-ring (bicyclic) bond motifs is 1. The van der Waals surface area contributed by atoms with E-state index in [1.54, 1.807) is 6.92 Å². The predicted molar refractivity (Wildman–Crippen MR) is 113 cm³/mol. The summed E-state index contributed by atoms with van der Waals surface area (Å²) >= 11 is 0. The Bertz CT molecular complexity index is 860. The van der Waals surface area contributed by atoms with E-state index in [0.717, 1.165) is 0 Å². The molecule has 0 saturated heterocycles. The highest BCUT2D eigenvalue weighted by molar-refractivity contribution is 5.13. The molecule has 0 aromatic carbocycles. The first-order chi connectivity index (χ1) is 17.3. The Balaban J connectivity index is 2.45. The summed E-state index contributed by atoms with van der Waals surface area (Å²) in [7, 11) is 0. The zero-order valence-electron chi connectivity index (χ0n) is 24.9. The molecule has 0 spiro atoms. The largest absolute Gasteiger partial charge is 0.429 e. The fourth-order valence-electron chi connectivity index (χ4n) is 6.31. The highest BCUT2D eigenvalue weighted by Crippen LogP contribution is 2.62. The quantitative estimate of drug-likeness (QED) is 0.274. The van der Waals surface area contributed by atoms with Crippen molar-refractivity contribution in [2.75, 3.05) is 0 Å². The van der Waals surface area contributed by atoms with Crippen molar-refractivity contribution >= 4 is 0 Å². The molecule has 5 atom stereocenters. The summed E-state index contributed by atoms with van der Waals surface area (Å²) in [4.78, 5) is 0. The van der Waals surface area contributed by atoms with E-state index in [2.05, 4.69) is 0 Å². The molecular weight excluding hydrogens is 450 g/mol. The van der Waals surface area contributed by atoms with Crippen LogP contribution in [-0.4, -0.2) is 45.0 Å². The number of halogens is 6. The van der Waals surface area contributed by atoms with Gasteiger partial charge in [-0.3, -0.25) is 0 Å². The summed E-state index contributed by atoms with van der Waals surface area (Å²) in [5, 5.41) is 30.8. The average molecular weight is 495 g/mol. The van der Waals surface area contributed by atoms with E-state index < -0.39 is 60.6 Å². The maximum atomic E-state index is 13.2. The minimum atomic E-state index is -6.04. The smallest absolute Gasteiger partial charge is 0.393 e. The molecule has 3 N–H and O–H groups in total. The van der Waals surface area contributed by atoms with Gasteiger partial charge in [0.2, 0.25) is 0 Å². The van der Waals surface area contributed by atoms with Crippen LogP contribution in [0.2, 0.25) is 0 Å². The van der Waals surface area contributed by atoms with Crippen molar-refractivity contribution in [2.24, 2.45) is 22.7 Å². The second kappa shape index (κ2) is 9.34. The molecule has 3 nitrogen and oxygen atoms in total. The van der Waals surface area contributed by atoms with E-state index >= 15 is 0 Å². The van der Waals surface area contributed by atoms with Crippen molar-refractivity contribution in [3.63, 3.8) is 0 Å². The van der Waals surface area contributed by atoms with Gasteiger partial charge in [-0.15, -0.1) is 0 Å². The first-order valence-corrected chi connectivity index (χ1v) is 11.2. The van der Waals surface area contributed by atoms with Crippen molar-refractivity contribution in [2.45, 2.75) is 115 Å². The number of aliphatic hydroxyl groups is 3. The molecule has 194 valence electrons. The van der Waals surface area contributed by atoms with Gasteiger partial charge in [0.15, 0.2) is 0 Å². The highest BCUT2D eigenvalue weighted by Gasteiger charge is 2.69. The van der Waals surface area contributed by atoms with Crippen LogP contribution in [0.25, 0.3) is 0 Å². The average Bonchev–Trinajstić information content (AvgIpc) is 3.09. The molecule has 0 aromatic heterocycles. The number of aliphatic hydroxyl groups excluding tert-OH is 1. The Morgan fingerprint density at radius 2 is 1.61 bits per heavy atom.